The van der Waals surface area contributed by atoms with Crippen LogP contribution in [0.4, 0.5) is 0 Å². The quantitative estimate of drug-likeness (QED) is 0.307. The van der Waals surface area contributed by atoms with Crippen LogP contribution < -0.4 is 11.5 Å². The number of aliphatic carboxylic acids is 3. The molecule has 0 aliphatic rings. The lowest BCUT2D eigenvalue weighted by Crippen LogP contribution is -2.61. The van der Waals surface area contributed by atoms with Crippen LogP contribution in [0.3, 0.4) is 0 Å². The van der Waals surface area contributed by atoms with Crippen molar-refractivity contribution in [2.45, 2.75) is 24.4 Å². The SMILES string of the molecule is N[C@@H](CC(=O)O)C(=O)[C@](N)(CC(=O)O)C(=O)O. The van der Waals surface area contributed by atoms with Crippen LogP contribution in [0.25, 0.3) is 0 Å². The van der Waals surface area contributed by atoms with Gasteiger partial charge in [-0.25, -0.2) is 4.79 Å². The molecule has 7 N–H and O–H groups in total. The minimum absolute atomic E-state index is 0.829. The van der Waals surface area contributed by atoms with Crippen molar-refractivity contribution >= 4 is 23.7 Å². The second-order valence-electron chi connectivity index (χ2n) is 3.42. The first-order valence-electron chi connectivity index (χ1n) is 4.37. The molecule has 0 spiro atoms. The summed E-state index contributed by atoms with van der Waals surface area (Å²) in [5.74, 6) is -6.24. The summed E-state index contributed by atoms with van der Waals surface area (Å²) in [4.78, 5) is 43.0. The van der Waals surface area contributed by atoms with Crippen LogP contribution >= 0.6 is 0 Å². The van der Waals surface area contributed by atoms with Crippen LogP contribution in [0, 0.1) is 0 Å². The van der Waals surface area contributed by atoms with Gasteiger partial charge in [-0.05, 0) is 0 Å². The number of carboxylic acid groups (broad SMARTS) is 3. The molecule has 0 aromatic rings. The summed E-state index contributed by atoms with van der Waals surface area (Å²) in [6, 6.07) is -1.67. The van der Waals surface area contributed by atoms with Crippen molar-refractivity contribution in [2.75, 3.05) is 0 Å². The lowest BCUT2D eigenvalue weighted by Gasteiger charge is -2.23. The van der Waals surface area contributed by atoms with Crippen LogP contribution in [-0.2, 0) is 19.2 Å². The van der Waals surface area contributed by atoms with Crippen LogP contribution in [0.1, 0.15) is 12.8 Å². The summed E-state index contributed by atoms with van der Waals surface area (Å²) in [5, 5.41) is 25.6. The van der Waals surface area contributed by atoms with E-state index >= 15 is 0 Å². The van der Waals surface area contributed by atoms with Crippen molar-refractivity contribution in [1.82, 2.24) is 0 Å². The molecule has 0 radical (unpaired) electrons. The predicted molar refractivity (Wildman–Crippen MR) is 52.0 cm³/mol. The van der Waals surface area contributed by atoms with Gasteiger partial charge in [0.15, 0.2) is 11.3 Å². The molecule has 0 rings (SSSR count). The molecule has 0 amide bonds. The van der Waals surface area contributed by atoms with Crippen molar-refractivity contribution in [3.8, 4) is 0 Å². The van der Waals surface area contributed by atoms with Crippen molar-refractivity contribution < 1.29 is 34.5 Å². The Bertz CT molecular complexity index is 367. The number of hydrogen-bond donors (Lipinski definition) is 5. The van der Waals surface area contributed by atoms with E-state index < -0.39 is 48.1 Å². The van der Waals surface area contributed by atoms with Gasteiger partial charge in [0.2, 0.25) is 0 Å². The molecule has 17 heavy (non-hydrogen) atoms. The molecule has 0 unspecified atom stereocenters. The topological polar surface area (TPSA) is 181 Å². The molecular formula is C8H12N2O7. The highest BCUT2D eigenvalue weighted by atomic mass is 16.4. The van der Waals surface area contributed by atoms with Crippen LogP contribution in [-0.4, -0.2) is 50.6 Å². The largest absolute Gasteiger partial charge is 0.481 e. The van der Waals surface area contributed by atoms with E-state index in [1.807, 2.05) is 0 Å². The van der Waals surface area contributed by atoms with Gasteiger partial charge in [0.1, 0.15) is 0 Å². The van der Waals surface area contributed by atoms with Crippen LogP contribution in [0.5, 0.6) is 0 Å². The van der Waals surface area contributed by atoms with E-state index in [2.05, 4.69) is 0 Å². The number of rotatable bonds is 7. The molecule has 2 atom stereocenters. The Labute approximate surface area is 95.0 Å². The summed E-state index contributed by atoms with van der Waals surface area (Å²) in [7, 11) is 0. The number of Topliss-reactive ketones (excluding diaryl/α,β-unsaturated/α-hetero) is 1. The van der Waals surface area contributed by atoms with Gasteiger partial charge in [-0.2, -0.15) is 0 Å². The van der Waals surface area contributed by atoms with Gasteiger partial charge in [-0.1, -0.05) is 0 Å². The van der Waals surface area contributed by atoms with Crippen molar-refractivity contribution in [2.24, 2.45) is 11.5 Å². The number of ketones is 1. The smallest absolute Gasteiger partial charge is 0.332 e. The standard InChI is InChI=1S/C8H12N2O7/c9-3(1-4(11)12)6(15)8(10,7(16)17)2-5(13)14/h3H,1-2,9-10H2,(H,11,12)(H,13,14)(H,16,17)/t3-,8+/m0/s1. The normalized spacial score (nSPS) is 15.6. The Hall–Kier alpha value is -2.00. The second-order valence-corrected chi connectivity index (χ2v) is 3.42. The van der Waals surface area contributed by atoms with Gasteiger partial charge in [0, 0.05) is 0 Å². The summed E-state index contributed by atoms with van der Waals surface area (Å²) in [6.07, 6.45) is -2.00. The number of carbonyl (C=O) groups excluding carboxylic acids is 1. The zero-order chi connectivity index (χ0) is 13.8. The maximum absolute atomic E-state index is 11.5. The van der Waals surface area contributed by atoms with E-state index in [-0.39, 0.29) is 0 Å². The van der Waals surface area contributed by atoms with Gasteiger partial charge >= 0.3 is 17.9 Å². The fraction of sp³-hybridized carbons (Fsp3) is 0.500. The minimum Gasteiger partial charge on any atom is -0.481 e. The number of nitrogens with two attached hydrogens (primary N) is 2. The molecule has 96 valence electrons. The molecule has 0 heterocycles. The molecule has 0 fully saturated rings. The van der Waals surface area contributed by atoms with Crippen molar-refractivity contribution in [3.05, 3.63) is 0 Å². The fourth-order valence-corrected chi connectivity index (χ4v) is 1.12. The minimum atomic E-state index is -2.72. The molecule has 9 nitrogen and oxygen atoms in total. The summed E-state index contributed by atoms with van der Waals surface area (Å²) in [5.41, 5.74) is 7.59. The Kier molecular flexibility index (Phi) is 4.73. The maximum atomic E-state index is 11.5. The van der Waals surface area contributed by atoms with Crippen LogP contribution in [0.2, 0.25) is 0 Å². The zero-order valence-electron chi connectivity index (χ0n) is 8.62. The average Bonchev–Trinajstić information content (AvgIpc) is 2.13. The van der Waals surface area contributed by atoms with Gasteiger partial charge in [-0.3, -0.25) is 14.4 Å². The third-order valence-electron chi connectivity index (χ3n) is 1.98. The molecule has 0 saturated heterocycles. The molecule has 0 aliphatic carbocycles. The van der Waals surface area contributed by atoms with Gasteiger partial charge in [-0.15, -0.1) is 0 Å². The van der Waals surface area contributed by atoms with Crippen molar-refractivity contribution in [1.29, 1.82) is 0 Å². The molecule has 0 bridgehead atoms. The Morgan fingerprint density at radius 3 is 1.82 bits per heavy atom. The number of carbonyl (C=O) groups is 4. The predicted octanol–water partition coefficient (Wildman–Crippen LogP) is -2.39. The third kappa shape index (κ3) is 3.81. The Morgan fingerprint density at radius 2 is 1.53 bits per heavy atom. The van der Waals surface area contributed by atoms with Gasteiger partial charge < -0.3 is 26.8 Å². The first kappa shape index (κ1) is 15.0. The zero-order valence-corrected chi connectivity index (χ0v) is 8.62. The molecule has 0 saturated carbocycles. The van der Waals surface area contributed by atoms with Crippen LogP contribution in [0.15, 0.2) is 0 Å². The van der Waals surface area contributed by atoms with E-state index in [1.54, 1.807) is 0 Å². The number of carboxylic acids is 3. The van der Waals surface area contributed by atoms with Gasteiger partial charge in [0.25, 0.3) is 0 Å². The lowest BCUT2D eigenvalue weighted by molar-refractivity contribution is -0.155. The first-order valence-corrected chi connectivity index (χ1v) is 4.37. The highest BCUT2D eigenvalue weighted by molar-refractivity contribution is 6.12. The molecular weight excluding hydrogens is 236 g/mol. The van der Waals surface area contributed by atoms with E-state index in [0.717, 1.165) is 0 Å². The molecule has 0 aromatic carbocycles. The van der Waals surface area contributed by atoms with E-state index in [1.165, 1.54) is 0 Å². The first-order chi connectivity index (χ1) is 7.61. The third-order valence-corrected chi connectivity index (χ3v) is 1.98. The molecule has 0 aromatic heterocycles. The highest BCUT2D eigenvalue weighted by Gasteiger charge is 2.46. The summed E-state index contributed by atoms with van der Waals surface area (Å²) < 4.78 is 0. The van der Waals surface area contributed by atoms with E-state index in [0.29, 0.717) is 0 Å². The molecule has 9 heteroatoms. The fourth-order valence-electron chi connectivity index (χ4n) is 1.12. The van der Waals surface area contributed by atoms with E-state index in [4.69, 9.17) is 26.8 Å². The monoisotopic (exact) mass is 248 g/mol. The van der Waals surface area contributed by atoms with Gasteiger partial charge in [0.05, 0.1) is 18.9 Å². The van der Waals surface area contributed by atoms with Crippen molar-refractivity contribution in [3.63, 3.8) is 0 Å². The Morgan fingerprint density at radius 1 is 1.06 bits per heavy atom. The highest BCUT2D eigenvalue weighted by Crippen LogP contribution is 2.12. The second kappa shape index (κ2) is 5.37. The Balaban J connectivity index is 5.07. The lowest BCUT2D eigenvalue weighted by atomic mass is 9.86. The van der Waals surface area contributed by atoms with E-state index in [9.17, 15) is 19.2 Å². The number of hydrogen-bond acceptors (Lipinski definition) is 6. The average molecular weight is 248 g/mol. The summed E-state index contributed by atoms with van der Waals surface area (Å²) >= 11 is 0. The maximum Gasteiger partial charge on any atom is 0.332 e. The summed E-state index contributed by atoms with van der Waals surface area (Å²) in [6.45, 7) is 0. The molecule has 0 aliphatic heterocycles.